The molecule has 0 heterocycles. The van der Waals surface area contributed by atoms with Gasteiger partial charge in [-0.2, -0.15) is 0 Å². The number of carbonyl (C=O) groups is 1. The molecule has 0 aliphatic carbocycles. The Bertz CT molecular complexity index is 1430. The second-order valence-corrected chi connectivity index (χ2v) is 7.75. The Morgan fingerprint density at radius 1 is 0.559 bits per heavy atom. The second-order valence-electron chi connectivity index (χ2n) is 7.75. The van der Waals surface area contributed by atoms with Crippen molar-refractivity contribution in [3.05, 3.63) is 115 Å². The van der Waals surface area contributed by atoms with E-state index in [1.165, 1.54) is 0 Å². The van der Waals surface area contributed by atoms with Crippen LogP contribution in [0.2, 0.25) is 0 Å². The van der Waals surface area contributed by atoms with Gasteiger partial charge in [0.15, 0.2) is 0 Å². The molecule has 0 saturated heterocycles. The lowest BCUT2D eigenvalue weighted by Crippen LogP contribution is -2.09. The lowest BCUT2D eigenvalue weighted by molar-refractivity contribution is 0.0737. The lowest BCUT2D eigenvalue weighted by atomic mass is 10.1. The molecule has 5 nitrogen and oxygen atoms in total. The molecular weight excluding hydrogens is 428 g/mol. The number of rotatable bonds is 5. The molecule has 0 spiro atoms. The number of hydrogen-bond acceptors (Lipinski definition) is 5. The Kier molecular flexibility index (Phi) is 5.36. The van der Waals surface area contributed by atoms with Crippen LogP contribution in [0.1, 0.15) is 15.9 Å². The van der Waals surface area contributed by atoms with E-state index in [9.17, 15) is 15.0 Å². The lowest BCUT2D eigenvalue weighted by Gasteiger charge is -2.12. The Morgan fingerprint density at radius 3 is 1.56 bits per heavy atom. The summed E-state index contributed by atoms with van der Waals surface area (Å²) in [5.74, 6) is 1.13. The summed E-state index contributed by atoms with van der Waals surface area (Å²) in [5.41, 5.74) is 1.06. The molecule has 0 aromatic heterocycles. The van der Waals surface area contributed by atoms with E-state index in [1.807, 2.05) is 12.1 Å². The number of phenols is 2. The molecule has 0 fully saturated rings. The van der Waals surface area contributed by atoms with Crippen molar-refractivity contribution in [3.8, 4) is 23.0 Å². The van der Waals surface area contributed by atoms with Gasteiger partial charge >= 0.3 is 5.97 Å². The average Bonchev–Trinajstić information content (AvgIpc) is 2.85. The van der Waals surface area contributed by atoms with E-state index < -0.39 is 5.97 Å². The quantitative estimate of drug-likeness (QED) is 0.178. The van der Waals surface area contributed by atoms with Crippen LogP contribution in [-0.2, 0) is 0 Å². The third-order valence-corrected chi connectivity index (χ3v) is 5.60. The number of ether oxygens (including phenoxy) is 2. The van der Waals surface area contributed by atoms with Crippen LogP contribution in [0, 0.1) is 0 Å². The van der Waals surface area contributed by atoms with E-state index in [4.69, 9.17) is 9.47 Å². The number of hydrogen-bond donors (Lipinski definition) is 2. The SMILES string of the molecule is C=C(Oc1cccc2c(O)cccc12)c1ccc(C(=O)Oc2cccc3c(O)cccc23)cc1. The van der Waals surface area contributed by atoms with Gasteiger partial charge in [0.2, 0.25) is 0 Å². The summed E-state index contributed by atoms with van der Waals surface area (Å²) in [7, 11) is 0. The topological polar surface area (TPSA) is 76.0 Å². The number of aromatic hydroxyl groups is 2. The monoisotopic (exact) mass is 448 g/mol. The average molecular weight is 448 g/mol. The zero-order chi connectivity index (χ0) is 23.7. The van der Waals surface area contributed by atoms with Gasteiger partial charge in [-0.25, -0.2) is 4.79 Å². The third kappa shape index (κ3) is 3.91. The van der Waals surface area contributed by atoms with Crippen LogP contribution >= 0.6 is 0 Å². The van der Waals surface area contributed by atoms with Crippen molar-refractivity contribution in [2.24, 2.45) is 0 Å². The van der Waals surface area contributed by atoms with E-state index in [-0.39, 0.29) is 11.5 Å². The minimum absolute atomic E-state index is 0.125. The third-order valence-electron chi connectivity index (χ3n) is 5.60. The molecule has 5 heteroatoms. The van der Waals surface area contributed by atoms with E-state index >= 15 is 0 Å². The van der Waals surface area contributed by atoms with Crippen molar-refractivity contribution >= 4 is 33.3 Å². The van der Waals surface area contributed by atoms with E-state index in [0.717, 1.165) is 5.39 Å². The highest BCUT2D eigenvalue weighted by molar-refractivity contribution is 5.97. The normalized spacial score (nSPS) is 10.8. The maximum atomic E-state index is 12.7. The molecule has 0 saturated carbocycles. The summed E-state index contributed by atoms with van der Waals surface area (Å²) < 4.78 is 11.6. The van der Waals surface area contributed by atoms with Crippen LogP contribution in [0.15, 0.2) is 104 Å². The maximum absolute atomic E-state index is 12.7. The van der Waals surface area contributed by atoms with Gasteiger partial charge in [0, 0.05) is 27.1 Å². The molecule has 5 rings (SSSR count). The molecule has 5 aromatic rings. The van der Waals surface area contributed by atoms with Crippen LogP contribution < -0.4 is 9.47 Å². The van der Waals surface area contributed by atoms with Gasteiger partial charge < -0.3 is 19.7 Å². The van der Waals surface area contributed by atoms with Crippen LogP contribution in [0.25, 0.3) is 27.3 Å². The molecule has 0 aliphatic rings. The van der Waals surface area contributed by atoms with Gasteiger partial charge in [0.25, 0.3) is 0 Å². The van der Waals surface area contributed by atoms with Gasteiger partial charge in [-0.15, -0.1) is 0 Å². The molecular formula is C29H20O5. The fourth-order valence-corrected chi connectivity index (χ4v) is 3.85. The molecule has 5 aromatic carbocycles. The molecule has 0 bridgehead atoms. The van der Waals surface area contributed by atoms with Gasteiger partial charge in [-0.3, -0.25) is 0 Å². The number of esters is 1. The Hall–Kier alpha value is -4.77. The van der Waals surface area contributed by atoms with E-state index in [1.54, 1.807) is 84.9 Å². The zero-order valence-electron chi connectivity index (χ0n) is 18.1. The number of fused-ring (bicyclic) bond motifs is 2. The molecule has 2 N–H and O–H groups in total. The fraction of sp³-hybridized carbons (Fsp3) is 0. The smallest absolute Gasteiger partial charge is 0.343 e. The molecule has 0 atom stereocenters. The predicted molar refractivity (Wildman–Crippen MR) is 132 cm³/mol. The molecule has 0 unspecified atom stereocenters. The van der Waals surface area contributed by atoms with Crippen molar-refractivity contribution in [1.82, 2.24) is 0 Å². The first-order valence-corrected chi connectivity index (χ1v) is 10.6. The van der Waals surface area contributed by atoms with E-state index in [2.05, 4.69) is 6.58 Å². The number of phenolic OH excluding ortho intramolecular Hbond substituents is 2. The largest absolute Gasteiger partial charge is 0.507 e. The first-order valence-electron chi connectivity index (χ1n) is 10.6. The number of carbonyl (C=O) groups excluding carboxylic acids is 1. The van der Waals surface area contributed by atoms with E-state index in [0.29, 0.717) is 44.5 Å². The summed E-state index contributed by atoms with van der Waals surface area (Å²) >= 11 is 0. The fourth-order valence-electron chi connectivity index (χ4n) is 3.85. The number of benzene rings is 5. The summed E-state index contributed by atoms with van der Waals surface area (Å²) in [4.78, 5) is 12.7. The summed E-state index contributed by atoms with van der Waals surface area (Å²) in [6.07, 6.45) is 0. The Labute approximate surface area is 195 Å². The highest BCUT2D eigenvalue weighted by atomic mass is 16.5. The van der Waals surface area contributed by atoms with Crippen molar-refractivity contribution in [2.75, 3.05) is 0 Å². The van der Waals surface area contributed by atoms with Crippen LogP contribution in [0.5, 0.6) is 23.0 Å². The van der Waals surface area contributed by atoms with Gasteiger partial charge in [0.05, 0.1) is 5.56 Å². The Balaban J connectivity index is 1.34. The zero-order valence-corrected chi connectivity index (χ0v) is 18.1. The first kappa shape index (κ1) is 21.1. The molecule has 0 amide bonds. The molecule has 0 aliphatic heterocycles. The maximum Gasteiger partial charge on any atom is 0.343 e. The molecule has 166 valence electrons. The summed E-state index contributed by atoms with van der Waals surface area (Å²) in [6.45, 7) is 4.01. The van der Waals surface area contributed by atoms with Gasteiger partial charge in [-0.1, -0.05) is 67.2 Å². The highest BCUT2D eigenvalue weighted by Crippen LogP contribution is 2.34. The van der Waals surface area contributed by atoms with Gasteiger partial charge in [-0.05, 0) is 36.4 Å². The van der Waals surface area contributed by atoms with Crippen molar-refractivity contribution in [2.45, 2.75) is 0 Å². The summed E-state index contributed by atoms with van der Waals surface area (Å²) in [6, 6.07) is 27.7. The standard InChI is InChI=1S/C29H20O5/c1-18(33-27-12-4-6-21-23(27)8-2-10-25(21)30)19-14-16-20(17-15-19)29(32)34-28-13-5-7-22-24(28)9-3-11-26(22)31/h2-17,30-31H,1H2. The highest BCUT2D eigenvalue weighted by Gasteiger charge is 2.13. The molecule has 0 radical (unpaired) electrons. The minimum atomic E-state index is -0.515. The minimum Gasteiger partial charge on any atom is -0.507 e. The van der Waals surface area contributed by atoms with Crippen molar-refractivity contribution in [3.63, 3.8) is 0 Å². The van der Waals surface area contributed by atoms with Crippen molar-refractivity contribution < 1.29 is 24.5 Å². The van der Waals surface area contributed by atoms with Crippen molar-refractivity contribution in [1.29, 1.82) is 0 Å². The first-order chi connectivity index (χ1) is 16.5. The predicted octanol–water partition coefficient (Wildman–Crippen LogP) is 6.67. The Morgan fingerprint density at radius 2 is 1.00 bits per heavy atom. The van der Waals surface area contributed by atoms with Gasteiger partial charge in [0.1, 0.15) is 28.8 Å². The summed E-state index contributed by atoms with van der Waals surface area (Å²) in [5, 5.41) is 22.8. The van der Waals surface area contributed by atoms with Crippen LogP contribution in [0.4, 0.5) is 0 Å². The van der Waals surface area contributed by atoms with Crippen LogP contribution in [0.3, 0.4) is 0 Å². The molecule has 34 heavy (non-hydrogen) atoms. The van der Waals surface area contributed by atoms with Crippen LogP contribution in [-0.4, -0.2) is 16.2 Å². The second kappa shape index (κ2) is 8.64.